The first-order valence-corrected chi connectivity index (χ1v) is 1.90. The van der Waals surface area contributed by atoms with Gasteiger partial charge < -0.3 is 32.8 Å². The normalized spacial score (nSPS) is 4.30. The third-order valence-electron chi connectivity index (χ3n) is 0. The molecule has 0 saturated heterocycles. The summed E-state index contributed by atoms with van der Waals surface area (Å²) in [6, 6.07) is 0. The van der Waals surface area contributed by atoms with Crippen molar-refractivity contribution in [2.24, 2.45) is 0 Å². The van der Waals surface area contributed by atoms with Crippen LogP contribution in [0.5, 0.6) is 0 Å². The molecule has 0 spiro atoms. The van der Waals surface area contributed by atoms with Gasteiger partial charge in [-0.15, -0.1) is 6.61 Å². The van der Waals surface area contributed by atoms with Crippen LogP contribution in [-0.2, 0) is 4.79 Å². The molecular weight excluding hydrogens is 140 g/mol. The lowest BCUT2D eigenvalue weighted by molar-refractivity contribution is -0.361. The van der Waals surface area contributed by atoms with E-state index in [1.165, 1.54) is 0 Å². The van der Waals surface area contributed by atoms with Gasteiger partial charge in [0.25, 0.3) is 0 Å². The zero-order valence-electron chi connectivity index (χ0n) is 6.93. The summed E-state index contributed by atoms with van der Waals surface area (Å²) in [7, 11) is 0. The van der Waals surface area contributed by atoms with Gasteiger partial charge in [-0.1, -0.05) is 6.92 Å². The van der Waals surface area contributed by atoms with E-state index in [0.29, 0.717) is 0 Å². The van der Waals surface area contributed by atoms with E-state index in [0.717, 1.165) is 6.92 Å². The third kappa shape index (κ3) is 611. The van der Waals surface area contributed by atoms with Crippen LogP contribution in [0.25, 0.3) is 0 Å². The van der Waals surface area contributed by atoms with E-state index in [1.807, 2.05) is 0 Å². The fourth-order valence-corrected chi connectivity index (χ4v) is 0. The van der Waals surface area contributed by atoms with Gasteiger partial charge in [-0.3, -0.25) is 0 Å². The zero-order chi connectivity index (χ0) is 6.28. The molecule has 0 saturated carbocycles. The van der Waals surface area contributed by atoms with Crippen molar-refractivity contribution < 1.29 is 20.5 Å². The van der Waals surface area contributed by atoms with Gasteiger partial charge in [0.15, 0.2) is 0 Å². The van der Waals surface area contributed by atoms with Crippen molar-refractivity contribution >= 4 is 5.97 Å². The standard InChI is InChI=1S/C2H4O2.C2H5O.2H3N.H2O/c1-2(3)4;1-2-3;;;/h1H3,(H,3,4);2H2,1H3;2*1H3;1H2/q;-1;;;/p+1. The summed E-state index contributed by atoms with van der Waals surface area (Å²) in [5, 5.41) is 17.8. The second-order valence-electron chi connectivity index (χ2n) is 0.780. The molecular formula is C4H18N2O4. The number of aliphatic carboxylic acids is 1. The van der Waals surface area contributed by atoms with E-state index in [2.05, 4.69) is 0 Å². The SMILES string of the molecule is CC(=O)[O-].CC[O-].O.[NH4+].[NH4+]. The molecule has 0 aromatic carbocycles. The number of carboxylic acid groups (broad SMARTS) is 1. The van der Waals surface area contributed by atoms with Gasteiger partial charge in [0.05, 0.1) is 0 Å². The highest BCUT2D eigenvalue weighted by Crippen LogP contribution is 1.31. The monoisotopic (exact) mass is 158 g/mol. The molecule has 0 fully saturated rings. The van der Waals surface area contributed by atoms with Crippen LogP contribution in [0.2, 0.25) is 0 Å². The van der Waals surface area contributed by atoms with Crippen LogP contribution in [-0.4, -0.2) is 18.1 Å². The molecule has 0 unspecified atom stereocenters. The Bertz CT molecular complexity index is 46.5. The lowest BCUT2D eigenvalue weighted by atomic mass is 10.9. The molecule has 10 N–H and O–H groups in total. The molecule has 0 amide bonds. The molecule has 0 bridgehead atoms. The Balaban J connectivity index is -0.0000000131. The summed E-state index contributed by atoms with van der Waals surface area (Å²) in [6.45, 7) is 2.54. The molecule has 6 heteroatoms. The highest BCUT2D eigenvalue weighted by molar-refractivity contribution is 5.60. The predicted molar refractivity (Wildman–Crippen MR) is 36.8 cm³/mol. The molecule has 0 aliphatic heterocycles. The van der Waals surface area contributed by atoms with Crippen molar-refractivity contribution in [3.63, 3.8) is 0 Å². The smallest absolute Gasteiger partial charge is 0.0383 e. The van der Waals surface area contributed by atoms with Crippen molar-refractivity contribution in [2.45, 2.75) is 13.8 Å². The largest absolute Gasteiger partial charge is 0.855 e. The van der Waals surface area contributed by atoms with Crippen LogP contribution in [0.15, 0.2) is 0 Å². The van der Waals surface area contributed by atoms with Crippen molar-refractivity contribution in [1.82, 2.24) is 12.3 Å². The van der Waals surface area contributed by atoms with Crippen LogP contribution >= 0.6 is 0 Å². The van der Waals surface area contributed by atoms with Gasteiger partial charge in [0.2, 0.25) is 0 Å². The Labute approximate surface area is 60.3 Å². The molecule has 68 valence electrons. The quantitative estimate of drug-likeness (QED) is 0.418. The predicted octanol–water partition coefficient (Wildman–Crippen LogP) is -1.95. The van der Waals surface area contributed by atoms with Crippen LogP contribution in [0.1, 0.15) is 13.8 Å². The van der Waals surface area contributed by atoms with Crippen LogP contribution in [0.4, 0.5) is 0 Å². The number of carboxylic acids is 1. The van der Waals surface area contributed by atoms with E-state index < -0.39 is 5.97 Å². The molecule has 0 aromatic heterocycles. The summed E-state index contributed by atoms with van der Waals surface area (Å²) in [5.74, 6) is -1.08. The summed E-state index contributed by atoms with van der Waals surface area (Å²) in [5.41, 5.74) is 0. The van der Waals surface area contributed by atoms with Gasteiger partial charge in [0.1, 0.15) is 0 Å². The van der Waals surface area contributed by atoms with Gasteiger partial charge >= 0.3 is 0 Å². The summed E-state index contributed by atoms with van der Waals surface area (Å²) < 4.78 is 0. The first-order valence-electron chi connectivity index (χ1n) is 1.90. The molecule has 0 heterocycles. The van der Waals surface area contributed by atoms with Crippen LogP contribution in [0, 0.1) is 0 Å². The number of rotatable bonds is 0. The summed E-state index contributed by atoms with van der Waals surface area (Å²) in [4.78, 5) is 8.89. The fourth-order valence-electron chi connectivity index (χ4n) is 0. The lowest BCUT2D eigenvalue weighted by Crippen LogP contribution is -2.16. The fraction of sp³-hybridized carbons (Fsp3) is 0.750. The molecule has 0 radical (unpaired) electrons. The Morgan fingerprint density at radius 3 is 1.40 bits per heavy atom. The van der Waals surface area contributed by atoms with E-state index in [-0.39, 0.29) is 24.4 Å². The van der Waals surface area contributed by atoms with E-state index in [4.69, 9.17) is 15.0 Å². The van der Waals surface area contributed by atoms with Crippen molar-refractivity contribution in [3.05, 3.63) is 0 Å². The maximum atomic E-state index is 8.93. The average molecular weight is 158 g/mol. The second kappa shape index (κ2) is 40.5. The van der Waals surface area contributed by atoms with Gasteiger partial charge in [-0.2, -0.15) is 0 Å². The maximum absolute atomic E-state index is 8.93. The lowest BCUT2D eigenvalue weighted by Gasteiger charge is -1.79. The topological polar surface area (TPSA) is 168 Å². The molecule has 0 rings (SSSR count). The van der Waals surface area contributed by atoms with Crippen molar-refractivity contribution in [2.75, 3.05) is 6.61 Å². The zero-order valence-corrected chi connectivity index (χ0v) is 6.93. The molecule has 10 heavy (non-hydrogen) atoms. The summed E-state index contributed by atoms with van der Waals surface area (Å²) in [6.07, 6.45) is 0. The minimum Gasteiger partial charge on any atom is -0.855 e. The van der Waals surface area contributed by atoms with Crippen molar-refractivity contribution in [1.29, 1.82) is 0 Å². The second-order valence-corrected chi connectivity index (χ2v) is 0.780. The highest BCUT2D eigenvalue weighted by Gasteiger charge is 1.46. The Kier molecular flexibility index (Phi) is 140. The molecule has 0 aliphatic carbocycles. The van der Waals surface area contributed by atoms with Gasteiger partial charge in [-0.25, -0.2) is 0 Å². The number of carbonyl (C=O) groups is 1. The minimum atomic E-state index is -1.08. The highest BCUT2D eigenvalue weighted by atomic mass is 16.4. The molecule has 0 aliphatic rings. The van der Waals surface area contributed by atoms with E-state index in [1.54, 1.807) is 6.92 Å². The van der Waals surface area contributed by atoms with Crippen molar-refractivity contribution in [3.8, 4) is 0 Å². The first kappa shape index (κ1) is 34.6. The minimum absolute atomic E-state index is 0. The number of quaternary nitrogens is 2. The molecule has 6 nitrogen and oxygen atoms in total. The van der Waals surface area contributed by atoms with Gasteiger partial charge in [0, 0.05) is 5.97 Å². The molecule has 0 atom stereocenters. The maximum Gasteiger partial charge on any atom is 0.0383 e. The molecule has 0 aromatic rings. The average Bonchev–Trinajstić information content (AvgIpc) is 1.33. The number of hydrogen-bond acceptors (Lipinski definition) is 3. The van der Waals surface area contributed by atoms with Crippen LogP contribution in [0.3, 0.4) is 0 Å². The van der Waals surface area contributed by atoms with Gasteiger partial charge in [-0.05, 0) is 6.92 Å². The van der Waals surface area contributed by atoms with Crippen LogP contribution < -0.4 is 22.5 Å². The third-order valence-corrected chi connectivity index (χ3v) is 0. The Morgan fingerprint density at radius 2 is 1.40 bits per heavy atom. The Morgan fingerprint density at radius 1 is 1.40 bits per heavy atom. The first-order chi connectivity index (χ1) is 3.15. The Hall–Kier alpha value is -0.690. The number of hydrogen-bond donors (Lipinski definition) is 2. The van der Waals surface area contributed by atoms with E-state index >= 15 is 0 Å². The number of carbonyl (C=O) groups excluding carboxylic acids is 1. The summed E-state index contributed by atoms with van der Waals surface area (Å²) >= 11 is 0. The van der Waals surface area contributed by atoms with E-state index in [9.17, 15) is 0 Å².